The van der Waals surface area contributed by atoms with Crippen LogP contribution in [0.1, 0.15) is 29.6 Å². The van der Waals surface area contributed by atoms with Gasteiger partial charge in [-0.25, -0.2) is 0 Å². The van der Waals surface area contributed by atoms with Crippen LogP contribution in [-0.2, 0) is 9.47 Å². The van der Waals surface area contributed by atoms with Crippen LogP contribution in [-0.4, -0.2) is 66.4 Å². The van der Waals surface area contributed by atoms with Crippen molar-refractivity contribution >= 4 is 17.8 Å². The van der Waals surface area contributed by atoms with Gasteiger partial charge in [0.1, 0.15) is 5.75 Å². The summed E-state index contributed by atoms with van der Waals surface area (Å²) in [5.41, 5.74) is 0.635. The highest BCUT2D eigenvalue weighted by atomic mass is 16.5. The van der Waals surface area contributed by atoms with Crippen LogP contribution in [0.5, 0.6) is 11.8 Å². The zero-order chi connectivity index (χ0) is 24.8. The molecule has 1 aliphatic carbocycles. The van der Waals surface area contributed by atoms with Crippen molar-refractivity contribution in [1.29, 1.82) is 0 Å². The molecule has 1 aromatic heterocycles. The second kappa shape index (κ2) is 14.0. The van der Waals surface area contributed by atoms with Crippen LogP contribution in [0, 0.1) is 0 Å². The Morgan fingerprint density at radius 2 is 1.47 bits per heavy atom. The van der Waals surface area contributed by atoms with Gasteiger partial charge in [-0.2, -0.15) is 15.0 Å². The first-order chi connectivity index (χ1) is 17.8. The van der Waals surface area contributed by atoms with E-state index in [1.807, 2.05) is 48.5 Å². The van der Waals surface area contributed by atoms with E-state index in [2.05, 4.69) is 30.9 Å². The Morgan fingerprint density at radius 1 is 0.806 bits per heavy atom. The van der Waals surface area contributed by atoms with Gasteiger partial charge < -0.3 is 30.2 Å². The van der Waals surface area contributed by atoms with E-state index in [0.29, 0.717) is 68.8 Å². The van der Waals surface area contributed by atoms with Gasteiger partial charge in [0.2, 0.25) is 11.9 Å². The number of rotatable bonds is 15. The lowest BCUT2D eigenvalue weighted by Gasteiger charge is -2.26. The normalized spacial score (nSPS) is 13.0. The molecule has 0 atom stereocenters. The van der Waals surface area contributed by atoms with Crippen LogP contribution in [0.4, 0.5) is 11.9 Å². The molecule has 3 aromatic rings. The lowest BCUT2D eigenvalue weighted by molar-refractivity contribution is 0.0519. The third-order valence-corrected chi connectivity index (χ3v) is 5.48. The zero-order valence-electron chi connectivity index (χ0n) is 20.2. The number of ether oxygens (including phenoxy) is 3. The minimum absolute atomic E-state index is 0.108. The quantitative estimate of drug-likeness (QED) is 0.274. The molecule has 10 heteroatoms. The predicted octanol–water partition coefficient (Wildman–Crippen LogP) is 3.50. The van der Waals surface area contributed by atoms with Gasteiger partial charge in [-0.1, -0.05) is 36.4 Å². The number of anilines is 2. The molecular weight excluding hydrogens is 460 g/mol. The van der Waals surface area contributed by atoms with Gasteiger partial charge in [0.05, 0.1) is 26.4 Å². The first-order valence-corrected chi connectivity index (χ1v) is 12.2. The summed E-state index contributed by atoms with van der Waals surface area (Å²) in [6, 6.07) is 19.1. The number of benzene rings is 2. The Bertz CT molecular complexity index is 1070. The van der Waals surface area contributed by atoms with E-state index in [-0.39, 0.29) is 11.9 Å². The molecule has 0 saturated heterocycles. The van der Waals surface area contributed by atoms with Crippen molar-refractivity contribution in [1.82, 2.24) is 20.3 Å². The Kier molecular flexibility index (Phi) is 9.82. The average Bonchev–Trinajstić information content (AvgIpc) is 2.88. The number of hydrogen-bond donors (Lipinski definition) is 3. The highest BCUT2D eigenvalue weighted by Crippen LogP contribution is 2.24. The van der Waals surface area contributed by atoms with Crippen LogP contribution in [0.15, 0.2) is 60.7 Å². The van der Waals surface area contributed by atoms with E-state index in [0.717, 1.165) is 12.8 Å². The lowest BCUT2D eigenvalue weighted by Crippen LogP contribution is -2.28. The first-order valence-electron chi connectivity index (χ1n) is 12.2. The third kappa shape index (κ3) is 8.47. The summed E-state index contributed by atoms with van der Waals surface area (Å²) < 4.78 is 16.9. The van der Waals surface area contributed by atoms with Crippen molar-refractivity contribution in [2.75, 3.05) is 50.2 Å². The summed E-state index contributed by atoms with van der Waals surface area (Å²) in [4.78, 5) is 25.2. The number of para-hydroxylation sites is 1. The summed E-state index contributed by atoms with van der Waals surface area (Å²) in [6.45, 7) is 2.73. The van der Waals surface area contributed by atoms with Crippen LogP contribution < -0.4 is 20.7 Å². The largest absolute Gasteiger partial charge is 0.424 e. The fraction of sp³-hybridized carbons (Fsp3) is 0.385. The fourth-order valence-corrected chi connectivity index (χ4v) is 3.36. The second-order valence-electron chi connectivity index (χ2n) is 8.23. The number of carbonyl (C=O) groups excluding carboxylic acids is 1. The van der Waals surface area contributed by atoms with Gasteiger partial charge in [0.15, 0.2) is 0 Å². The molecular formula is C26H32N6O4. The Morgan fingerprint density at radius 3 is 2.17 bits per heavy atom. The Balaban J connectivity index is 1.12. The molecule has 1 saturated carbocycles. The van der Waals surface area contributed by atoms with Crippen LogP contribution >= 0.6 is 0 Å². The molecule has 0 spiro atoms. The van der Waals surface area contributed by atoms with E-state index in [4.69, 9.17) is 14.2 Å². The fourth-order valence-electron chi connectivity index (χ4n) is 3.36. The molecule has 1 aliphatic rings. The number of hydrogen-bond acceptors (Lipinski definition) is 9. The molecule has 1 heterocycles. The van der Waals surface area contributed by atoms with Gasteiger partial charge in [-0.15, -0.1) is 0 Å². The van der Waals surface area contributed by atoms with Gasteiger partial charge in [0.25, 0.3) is 5.91 Å². The van der Waals surface area contributed by atoms with Crippen LogP contribution in [0.3, 0.4) is 0 Å². The van der Waals surface area contributed by atoms with Crippen LogP contribution in [0.2, 0.25) is 0 Å². The van der Waals surface area contributed by atoms with Crippen molar-refractivity contribution in [2.24, 2.45) is 0 Å². The van der Waals surface area contributed by atoms with Gasteiger partial charge in [0, 0.05) is 24.7 Å². The summed E-state index contributed by atoms with van der Waals surface area (Å²) in [7, 11) is 0. The number of nitrogens with zero attached hydrogens (tertiary/aromatic N) is 3. The van der Waals surface area contributed by atoms with E-state index >= 15 is 0 Å². The number of aromatic nitrogens is 3. The topological polar surface area (TPSA) is 120 Å². The van der Waals surface area contributed by atoms with E-state index in [1.54, 1.807) is 12.1 Å². The highest BCUT2D eigenvalue weighted by molar-refractivity contribution is 5.94. The van der Waals surface area contributed by atoms with Gasteiger partial charge >= 0.3 is 6.01 Å². The molecule has 10 nitrogen and oxygen atoms in total. The number of carbonyl (C=O) groups is 1. The summed E-state index contributed by atoms with van der Waals surface area (Å²) in [5, 5.41) is 9.33. The van der Waals surface area contributed by atoms with Crippen LogP contribution in [0.25, 0.3) is 0 Å². The van der Waals surface area contributed by atoms with E-state index in [9.17, 15) is 4.79 Å². The summed E-state index contributed by atoms with van der Waals surface area (Å²) >= 11 is 0. The molecule has 1 amide bonds. The van der Waals surface area contributed by atoms with Crippen molar-refractivity contribution in [3.8, 4) is 11.8 Å². The zero-order valence-corrected chi connectivity index (χ0v) is 20.2. The van der Waals surface area contributed by atoms with Crippen molar-refractivity contribution in [2.45, 2.75) is 25.3 Å². The molecule has 0 unspecified atom stereocenters. The maximum Gasteiger partial charge on any atom is 0.328 e. The van der Waals surface area contributed by atoms with Gasteiger partial charge in [-0.3, -0.25) is 4.79 Å². The Labute approximate surface area is 210 Å². The molecule has 4 rings (SSSR count). The van der Waals surface area contributed by atoms with E-state index < -0.39 is 0 Å². The summed E-state index contributed by atoms with van der Waals surface area (Å²) in [5.74, 6) is 1.47. The molecule has 0 radical (unpaired) electrons. The highest BCUT2D eigenvalue weighted by Gasteiger charge is 2.19. The molecule has 36 heavy (non-hydrogen) atoms. The third-order valence-electron chi connectivity index (χ3n) is 5.48. The minimum atomic E-state index is -0.108. The van der Waals surface area contributed by atoms with Crippen molar-refractivity contribution in [3.63, 3.8) is 0 Å². The second-order valence-corrected chi connectivity index (χ2v) is 8.23. The SMILES string of the molecule is O=C(NCCOCCOCCNc1nc(NC2CCC2)nc(Oc2ccccc2)n1)c1ccccc1. The predicted molar refractivity (Wildman–Crippen MR) is 137 cm³/mol. The molecule has 0 aliphatic heterocycles. The number of nitrogens with one attached hydrogen (secondary N) is 3. The van der Waals surface area contributed by atoms with Gasteiger partial charge in [-0.05, 0) is 43.5 Å². The standard InChI is InChI=1S/C26H32N6O4/c33-23(20-8-3-1-4-9-20)27-14-16-34-18-19-35-17-15-28-24-30-25(29-21-10-7-11-21)32-26(31-24)36-22-12-5-2-6-13-22/h1-6,8-9,12-13,21H,7,10-11,14-19H2,(H,27,33)(H2,28,29,30,31,32). The smallest absolute Gasteiger partial charge is 0.328 e. The molecule has 190 valence electrons. The maximum atomic E-state index is 11.9. The number of amides is 1. The van der Waals surface area contributed by atoms with Crippen molar-refractivity contribution in [3.05, 3.63) is 66.2 Å². The van der Waals surface area contributed by atoms with Crippen molar-refractivity contribution < 1.29 is 19.0 Å². The molecule has 2 aromatic carbocycles. The molecule has 0 bridgehead atoms. The maximum absolute atomic E-state index is 11.9. The average molecular weight is 493 g/mol. The first kappa shape index (κ1) is 25.3. The molecule has 1 fully saturated rings. The van der Waals surface area contributed by atoms with E-state index in [1.165, 1.54) is 6.42 Å². The monoisotopic (exact) mass is 492 g/mol. The Hall–Kier alpha value is -3.76. The minimum Gasteiger partial charge on any atom is -0.424 e. The molecule has 3 N–H and O–H groups in total. The lowest BCUT2D eigenvalue weighted by atomic mass is 9.93. The summed E-state index contributed by atoms with van der Waals surface area (Å²) in [6.07, 6.45) is 3.43.